The van der Waals surface area contributed by atoms with Crippen LogP contribution in [0.5, 0.6) is 0 Å². The molecule has 3 aromatic carbocycles. The molecular weight excluding hydrogens is 332 g/mol. The first-order chi connectivity index (χ1) is 12.1. The summed E-state index contributed by atoms with van der Waals surface area (Å²) in [5, 5.41) is 0. The maximum Gasteiger partial charge on any atom is 0.286 e. The van der Waals surface area contributed by atoms with Gasteiger partial charge in [0.2, 0.25) is 0 Å². The van der Waals surface area contributed by atoms with Gasteiger partial charge < -0.3 is 0 Å². The minimum atomic E-state index is -3.16. The van der Waals surface area contributed by atoms with Gasteiger partial charge in [0.05, 0.1) is 4.90 Å². The van der Waals surface area contributed by atoms with E-state index in [4.69, 9.17) is 0 Å². The molecule has 3 rings (SSSR count). The molecule has 0 saturated carbocycles. The predicted molar refractivity (Wildman–Crippen MR) is 101 cm³/mol. The van der Waals surface area contributed by atoms with Crippen molar-refractivity contribution in [2.24, 2.45) is 4.36 Å². The summed E-state index contributed by atoms with van der Waals surface area (Å²) in [5.41, 5.74) is 2.08. The highest BCUT2D eigenvalue weighted by Gasteiger charge is 2.16. The molecule has 0 radical (unpaired) electrons. The molecule has 0 saturated heterocycles. The monoisotopic (exact) mass is 350 g/mol. The van der Waals surface area contributed by atoms with Gasteiger partial charge in [-0.3, -0.25) is 9.52 Å². The average molecular weight is 350 g/mol. The highest BCUT2D eigenvalue weighted by molar-refractivity contribution is 7.95. The Morgan fingerprint density at radius 1 is 0.840 bits per heavy atom. The lowest BCUT2D eigenvalue weighted by Crippen LogP contribution is -2.15. The third kappa shape index (κ3) is 4.14. The first kappa shape index (κ1) is 16.9. The molecule has 1 amide bonds. The number of carbonyl (C=O) groups is 1. The summed E-state index contributed by atoms with van der Waals surface area (Å²) >= 11 is 0. The SMILES string of the molecule is Cc1ccc(S(=O)(=NC(=O)c2ccccc2)Nc2ccccc2)cc1. The Morgan fingerprint density at radius 3 is 2.00 bits per heavy atom. The molecule has 0 aliphatic carbocycles. The van der Waals surface area contributed by atoms with Gasteiger partial charge in [0.25, 0.3) is 5.91 Å². The molecule has 0 fully saturated rings. The molecule has 0 bridgehead atoms. The van der Waals surface area contributed by atoms with Gasteiger partial charge in [0, 0.05) is 11.3 Å². The number of aryl methyl sites for hydroxylation is 1. The van der Waals surface area contributed by atoms with Crippen molar-refractivity contribution >= 4 is 21.5 Å². The fourth-order valence-electron chi connectivity index (χ4n) is 2.27. The zero-order valence-corrected chi connectivity index (χ0v) is 14.6. The lowest BCUT2D eigenvalue weighted by Gasteiger charge is -2.13. The fourth-order valence-corrected chi connectivity index (χ4v) is 3.84. The van der Waals surface area contributed by atoms with Crippen molar-refractivity contribution in [2.45, 2.75) is 11.8 Å². The standard InChI is InChI=1S/C20H18N2O2S/c1-16-12-14-19(15-13-16)25(24,21-18-10-6-3-7-11-18)22-20(23)17-8-4-2-5-9-17/h2-15H,1H3,(H,21,22,23,24). The normalized spacial score (nSPS) is 12.8. The molecule has 3 aromatic rings. The van der Waals surface area contributed by atoms with E-state index in [1.165, 1.54) is 0 Å². The Hall–Kier alpha value is -2.92. The summed E-state index contributed by atoms with van der Waals surface area (Å²) in [5.74, 6) is -0.519. The molecule has 0 aromatic heterocycles. The van der Waals surface area contributed by atoms with Crippen LogP contribution in [0.1, 0.15) is 15.9 Å². The van der Waals surface area contributed by atoms with Gasteiger partial charge in [-0.25, -0.2) is 4.21 Å². The van der Waals surface area contributed by atoms with Crippen LogP contribution in [0.2, 0.25) is 0 Å². The Labute approximate surface area is 147 Å². The van der Waals surface area contributed by atoms with Crippen LogP contribution in [0, 0.1) is 6.92 Å². The number of amides is 1. The summed E-state index contributed by atoms with van der Waals surface area (Å²) in [6.45, 7) is 1.95. The van der Waals surface area contributed by atoms with Crippen molar-refractivity contribution in [3.63, 3.8) is 0 Å². The van der Waals surface area contributed by atoms with Crippen molar-refractivity contribution in [1.82, 2.24) is 0 Å². The second-order valence-electron chi connectivity index (χ2n) is 5.57. The molecule has 126 valence electrons. The largest absolute Gasteiger partial charge is 0.295 e. The van der Waals surface area contributed by atoms with E-state index in [1.807, 2.05) is 43.3 Å². The Balaban J connectivity index is 2.08. The minimum Gasteiger partial charge on any atom is -0.295 e. The summed E-state index contributed by atoms with van der Waals surface area (Å²) in [4.78, 5) is 13.0. The number of benzene rings is 3. The second kappa shape index (κ2) is 7.32. The van der Waals surface area contributed by atoms with Gasteiger partial charge in [-0.2, -0.15) is 0 Å². The number of para-hydroxylation sites is 1. The molecule has 5 heteroatoms. The first-order valence-corrected chi connectivity index (χ1v) is 9.34. The molecule has 25 heavy (non-hydrogen) atoms. The highest BCUT2D eigenvalue weighted by Crippen LogP contribution is 2.20. The van der Waals surface area contributed by atoms with Crippen LogP contribution in [-0.2, 0) is 9.92 Å². The van der Waals surface area contributed by atoms with Gasteiger partial charge >= 0.3 is 0 Å². The minimum absolute atomic E-state index is 0.400. The molecule has 1 atom stereocenters. The van der Waals surface area contributed by atoms with E-state index in [0.717, 1.165) is 5.56 Å². The summed E-state index contributed by atoms with van der Waals surface area (Å²) in [7, 11) is -3.16. The van der Waals surface area contributed by atoms with Crippen LogP contribution in [0.4, 0.5) is 5.69 Å². The first-order valence-electron chi connectivity index (χ1n) is 7.83. The maximum absolute atomic E-state index is 13.6. The second-order valence-corrected chi connectivity index (χ2v) is 7.48. The Morgan fingerprint density at radius 2 is 1.40 bits per heavy atom. The van der Waals surface area contributed by atoms with Crippen molar-refractivity contribution in [2.75, 3.05) is 4.72 Å². The third-order valence-corrected chi connectivity index (χ3v) is 5.45. The molecular formula is C20H18N2O2S. The molecule has 0 heterocycles. The van der Waals surface area contributed by atoms with E-state index in [0.29, 0.717) is 16.1 Å². The molecule has 0 aliphatic heterocycles. The van der Waals surface area contributed by atoms with Crippen LogP contribution in [0.3, 0.4) is 0 Å². The van der Waals surface area contributed by atoms with Crippen LogP contribution in [-0.4, -0.2) is 10.1 Å². The summed E-state index contributed by atoms with van der Waals surface area (Å²) in [6, 6.07) is 24.9. The summed E-state index contributed by atoms with van der Waals surface area (Å²) in [6.07, 6.45) is 0. The Kier molecular flexibility index (Phi) is 4.95. The third-order valence-electron chi connectivity index (χ3n) is 3.60. The number of rotatable bonds is 4. The number of carbonyl (C=O) groups excluding carboxylic acids is 1. The van der Waals surface area contributed by atoms with Crippen LogP contribution < -0.4 is 4.72 Å². The van der Waals surface area contributed by atoms with E-state index < -0.39 is 15.8 Å². The quantitative estimate of drug-likeness (QED) is 0.742. The lowest BCUT2D eigenvalue weighted by molar-refractivity contribution is 0.100. The molecule has 1 N–H and O–H groups in total. The number of nitrogens with one attached hydrogen (secondary N) is 1. The van der Waals surface area contributed by atoms with Crippen molar-refractivity contribution in [3.8, 4) is 0 Å². The number of nitrogens with zero attached hydrogens (tertiary/aromatic N) is 1. The zero-order chi connectivity index (χ0) is 17.7. The summed E-state index contributed by atoms with van der Waals surface area (Å²) < 4.78 is 20.5. The molecule has 0 aliphatic rings. The number of hydrogen-bond donors (Lipinski definition) is 1. The van der Waals surface area contributed by atoms with Gasteiger partial charge in [-0.1, -0.05) is 54.1 Å². The van der Waals surface area contributed by atoms with Crippen molar-refractivity contribution in [3.05, 3.63) is 96.1 Å². The van der Waals surface area contributed by atoms with E-state index >= 15 is 0 Å². The number of anilines is 1. The molecule has 1 unspecified atom stereocenters. The van der Waals surface area contributed by atoms with E-state index in [1.54, 1.807) is 48.5 Å². The van der Waals surface area contributed by atoms with Crippen molar-refractivity contribution < 1.29 is 9.00 Å². The average Bonchev–Trinajstić information content (AvgIpc) is 2.63. The van der Waals surface area contributed by atoms with E-state index in [2.05, 4.69) is 9.08 Å². The lowest BCUT2D eigenvalue weighted by atomic mass is 10.2. The predicted octanol–water partition coefficient (Wildman–Crippen LogP) is 4.69. The molecule has 4 nitrogen and oxygen atoms in total. The van der Waals surface area contributed by atoms with Gasteiger partial charge in [0.15, 0.2) is 9.92 Å². The molecule has 0 spiro atoms. The Bertz CT molecular complexity index is 975. The van der Waals surface area contributed by atoms with Crippen molar-refractivity contribution in [1.29, 1.82) is 0 Å². The zero-order valence-electron chi connectivity index (χ0n) is 13.8. The fraction of sp³-hybridized carbons (Fsp3) is 0.0500. The van der Waals surface area contributed by atoms with Crippen LogP contribution in [0.15, 0.2) is 94.2 Å². The van der Waals surface area contributed by atoms with Gasteiger partial charge in [-0.05, 0) is 43.3 Å². The van der Waals surface area contributed by atoms with Gasteiger partial charge in [0.1, 0.15) is 0 Å². The van der Waals surface area contributed by atoms with Crippen LogP contribution in [0.25, 0.3) is 0 Å². The van der Waals surface area contributed by atoms with Crippen LogP contribution >= 0.6 is 0 Å². The maximum atomic E-state index is 13.6. The van der Waals surface area contributed by atoms with E-state index in [9.17, 15) is 9.00 Å². The smallest absolute Gasteiger partial charge is 0.286 e. The highest BCUT2D eigenvalue weighted by atomic mass is 32.2. The number of hydrogen-bond acceptors (Lipinski definition) is 2. The topological polar surface area (TPSA) is 58.5 Å². The van der Waals surface area contributed by atoms with Gasteiger partial charge in [-0.15, -0.1) is 4.36 Å². The van der Waals surface area contributed by atoms with E-state index in [-0.39, 0.29) is 0 Å².